The first-order chi connectivity index (χ1) is 11.2. The van der Waals surface area contributed by atoms with Crippen molar-refractivity contribution in [3.05, 3.63) is 60.2 Å². The normalized spacial score (nSPS) is 19.8. The van der Waals surface area contributed by atoms with Crippen LogP contribution in [0.15, 0.2) is 54.6 Å². The standard InChI is InChI=1S/C19H17NO3/c1-3-17-18(23-13-14-7-5-4-6-8-14)19(21)20(17)15-9-11-16(22-2)12-10-15/h1,4-12,17-18H,13H2,2H3/t17-,18+/m1/s1. The number of carbonyl (C=O) groups excluding carboxylic acids is 1. The lowest BCUT2D eigenvalue weighted by Gasteiger charge is -2.43. The van der Waals surface area contributed by atoms with E-state index in [4.69, 9.17) is 15.9 Å². The molecule has 0 N–H and O–H groups in total. The fourth-order valence-corrected chi connectivity index (χ4v) is 2.58. The summed E-state index contributed by atoms with van der Waals surface area (Å²) in [6.07, 6.45) is 5.00. The fraction of sp³-hybridized carbons (Fsp3) is 0.211. The van der Waals surface area contributed by atoms with Crippen LogP contribution in [-0.2, 0) is 16.1 Å². The van der Waals surface area contributed by atoms with E-state index in [-0.39, 0.29) is 11.9 Å². The lowest BCUT2D eigenvalue weighted by molar-refractivity contribution is -0.140. The number of anilines is 1. The van der Waals surface area contributed by atoms with Crippen LogP contribution in [0.5, 0.6) is 5.75 Å². The van der Waals surface area contributed by atoms with Crippen molar-refractivity contribution in [2.75, 3.05) is 12.0 Å². The Morgan fingerprint density at radius 2 is 1.83 bits per heavy atom. The smallest absolute Gasteiger partial charge is 0.260 e. The van der Waals surface area contributed by atoms with Crippen molar-refractivity contribution in [3.63, 3.8) is 0 Å². The maximum absolute atomic E-state index is 12.4. The van der Waals surface area contributed by atoms with Crippen LogP contribution < -0.4 is 9.64 Å². The Balaban J connectivity index is 1.68. The highest BCUT2D eigenvalue weighted by Gasteiger charge is 2.48. The van der Waals surface area contributed by atoms with Crippen LogP contribution in [0.25, 0.3) is 0 Å². The fourth-order valence-electron chi connectivity index (χ4n) is 2.58. The molecule has 0 spiro atoms. The molecule has 1 fully saturated rings. The predicted molar refractivity (Wildman–Crippen MR) is 88.1 cm³/mol. The summed E-state index contributed by atoms with van der Waals surface area (Å²) in [7, 11) is 1.60. The summed E-state index contributed by atoms with van der Waals surface area (Å²) >= 11 is 0. The molecule has 23 heavy (non-hydrogen) atoms. The number of terminal acetylenes is 1. The molecule has 0 aliphatic carbocycles. The van der Waals surface area contributed by atoms with Gasteiger partial charge in [-0.2, -0.15) is 0 Å². The zero-order valence-corrected chi connectivity index (χ0v) is 12.8. The highest BCUT2D eigenvalue weighted by Crippen LogP contribution is 2.31. The van der Waals surface area contributed by atoms with Crippen molar-refractivity contribution in [2.24, 2.45) is 0 Å². The SMILES string of the molecule is C#C[C@@H]1[C@H](OCc2ccccc2)C(=O)N1c1ccc(OC)cc1. The summed E-state index contributed by atoms with van der Waals surface area (Å²) < 4.78 is 10.8. The molecule has 4 heteroatoms. The first kappa shape index (κ1) is 15.1. The maximum atomic E-state index is 12.4. The van der Waals surface area contributed by atoms with Gasteiger partial charge in [-0.15, -0.1) is 6.42 Å². The number of rotatable bonds is 5. The molecule has 1 aliphatic rings. The van der Waals surface area contributed by atoms with E-state index in [1.165, 1.54) is 0 Å². The van der Waals surface area contributed by atoms with Crippen LogP contribution in [0.1, 0.15) is 5.56 Å². The van der Waals surface area contributed by atoms with Gasteiger partial charge in [-0.3, -0.25) is 9.69 Å². The molecular weight excluding hydrogens is 290 g/mol. The van der Waals surface area contributed by atoms with Gasteiger partial charge in [0.1, 0.15) is 11.8 Å². The average molecular weight is 307 g/mol. The van der Waals surface area contributed by atoms with Gasteiger partial charge in [-0.05, 0) is 29.8 Å². The summed E-state index contributed by atoms with van der Waals surface area (Å²) in [4.78, 5) is 14.0. The maximum Gasteiger partial charge on any atom is 0.260 e. The first-order valence-electron chi connectivity index (χ1n) is 7.33. The van der Waals surface area contributed by atoms with Crippen molar-refractivity contribution < 1.29 is 14.3 Å². The number of ether oxygens (including phenoxy) is 2. The highest BCUT2D eigenvalue weighted by molar-refractivity contribution is 6.06. The van der Waals surface area contributed by atoms with Crippen LogP contribution in [0.4, 0.5) is 5.69 Å². The molecule has 1 aliphatic heterocycles. The third kappa shape index (κ3) is 2.92. The molecule has 3 rings (SSSR count). The summed E-state index contributed by atoms with van der Waals surface area (Å²) in [5, 5.41) is 0. The first-order valence-corrected chi connectivity index (χ1v) is 7.33. The minimum Gasteiger partial charge on any atom is -0.497 e. The molecule has 4 nitrogen and oxygen atoms in total. The van der Waals surface area contributed by atoms with E-state index < -0.39 is 6.10 Å². The highest BCUT2D eigenvalue weighted by atomic mass is 16.5. The number of hydrogen-bond donors (Lipinski definition) is 0. The van der Waals surface area contributed by atoms with Crippen molar-refractivity contribution in [1.29, 1.82) is 0 Å². The Morgan fingerprint density at radius 3 is 2.43 bits per heavy atom. The second-order valence-electron chi connectivity index (χ2n) is 5.23. The van der Waals surface area contributed by atoms with Crippen LogP contribution >= 0.6 is 0 Å². The molecule has 1 saturated heterocycles. The second kappa shape index (κ2) is 6.55. The Kier molecular flexibility index (Phi) is 4.31. The van der Waals surface area contributed by atoms with Crippen molar-refractivity contribution >= 4 is 11.6 Å². The Morgan fingerprint density at radius 1 is 1.13 bits per heavy atom. The minimum atomic E-state index is -0.595. The number of hydrogen-bond acceptors (Lipinski definition) is 3. The summed E-state index contributed by atoms with van der Waals surface area (Å²) in [6.45, 7) is 0.367. The third-order valence-corrected chi connectivity index (χ3v) is 3.84. The van der Waals surface area contributed by atoms with Gasteiger partial charge in [0.2, 0.25) is 0 Å². The van der Waals surface area contributed by atoms with Gasteiger partial charge < -0.3 is 9.47 Å². The molecular formula is C19H17NO3. The molecule has 2 atom stereocenters. The minimum absolute atomic E-state index is 0.117. The summed E-state index contributed by atoms with van der Waals surface area (Å²) in [5.74, 6) is 3.26. The largest absolute Gasteiger partial charge is 0.497 e. The zero-order valence-electron chi connectivity index (χ0n) is 12.8. The number of β-lactam (4-membered cyclic amide) rings is 1. The topological polar surface area (TPSA) is 38.8 Å². The lowest BCUT2D eigenvalue weighted by Crippen LogP contribution is -2.65. The van der Waals surface area contributed by atoms with Crippen LogP contribution in [-0.4, -0.2) is 25.2 Å². The van der Waals surface area contributed by atoms with Gasteiger partial charge in [0.15, 0.2) is 6.10 Å². The van der Waals surface area contributed by atoms with Gasteiger partial charge in [0.05, 0.1) is 13.7 Å². The van der Waals surface area contributed by atoms with Gasteiger partial charge in [0.25, 0.3) is 5.91 Å². The summed E-state index contributed by atoms with van der Waals surface area (Å²) in [5.41, 5.74) is 1.76. The van der Waals surface area contributed by atoms with Crippen molar-refractivity contribution in [3.8, 4) is 18.1 Å². The molecule has 0 aromatic heterocycles. The Bertz CT molecular complexity index is 719. The van der Waals surface area contributed by atoms with E-state index in [9.17, 15) is 4.79 Å². The number of nitrogens with zero attached hydrogens (tertiary/aromatic N) is 1. The Hall–Kier alpha value is -2.77. The number of methoxy groups -OCH3 is 1. The molecule has 116 valence electrons. The second-order valence-corrected chi connectivity index (χ2v) is 5.23. The number of carbonyl (C=O) groups is 1. The molecule has 0 bridgehead atoms. The van der Waals surface area contributed by atoms with E-state index in [0.717, 1.165) is 17.0 Å². The van der Waals surface area contributed by atoms with E-state index in [2.05, 4.69) is 5.92 Å². The van der Waals surface area contributed by atoms with E-state index in [1.807, 2.05) is 42.5 Å². The van der Waals surface area contributed by atoms with Crippen molar-refractivity contribution in [1.82, 2.24) is 0 Å². The average Bonchev–Trinajstić information content (AvgIpc) is 2.61. The van der Waals surface area contributed by atoms with E-state index in [0.29, 0.717) is 6.61 Å². The molecule has 1 amide bonds. The van der Waals surface area contributed by atoms with Gasteiger partial charge in [-0.1, -0.05) is 36.3 Å². The van der Waals surface area contributed by atoms with Gasteiger partial charge in [0, 0.05) is 5.69 Å². The lowest BCUT2D eigenvalue weighted by atomic mass is 9.97. The summed E-state index contributed by atoms with van der Waals surface area (Å²) in [6, 6.07) is 16.6. The predicted octanol–water partition coefficient (Wildman–Crippen LogP) is 2.63. The van der Waals surface area contributed by atoms with Gasteiger partial charge in [-0.25, -0.2) is 0 Å². The number of amides is 1. The van der Waals surface area contributed by atoms with E-state index >= 15 is 0 Å². The van der Waals surface area contributed by atoms with Crippen LogP contribution in [0.3, 0.4) is 0 Å². The van der Waals surface area contributed by atoms with Gasteiger partial charge >= 0.3 is 0 Å². The third-order valence-electron chi connectivity index (χ3n) is 3.84. The quantitative estimate of drug-likeness (QED) is 0.629. The molecule has 2 aromatic rings. The van der Waals surface area contributed by atoms with Crippen molar-refractivity contribution in [2.45, 2.75) is 18.8 Å². The number of benzene rings is 2. The molecule has 2 aromatic carbocycles. The molecule has 0 unspecified atom stereocenters. The van der Waals surface area contributed by atoms with E-state index in [1.54, 1.807) is 24.1 Å². The molecule has 0 saturated carbocycles. The monoisotopic (exact) mass is 307 g/mol. The zero-order chi connectivity index (χ0) is 16.2. The molecule has 0 radical (unpaired) electrons. The Labute approximate surface area is 135 Å². The van der Waals surface area contributed by atoms with Crippen LogP contribution in [0.2, 0.25) is 0 Å². The molecule has 1 heterocycles. The van der Waals surface area contributed by atoms with Crippen LogP contribution in [0, 0.1) is 12.3 Å².